The molecule has 2 aromatic rings. The quantitative estimate of drug-likeness (QED) is 0.816. The molecule has 1 aromatic heterocycles. The summed E-state index contributed by atoms with van der Waals surface area (Å²) < 4.78 is 4.86. The average Bonchev–Trinajstić information content (AvgIpc) is 3.20. The van der Waals surface area contributed by atoms with E-state index in [2.05, 4.69) is 21.4 Å². The number of urea groups is 1. The Kier molecular flexibility index (Phi) is 5.21. The van der Waals surface area contributed by atoms with Crippen LogP contribution in [0.3, 0.4) is 0 Å². The number of nitrogens with zero attached hydrogens (tertiary/aromatic N) is 2. The Morgan fingerprint density at radius 3 is 3.08 bits per heavy atom. The van der Waals surface area contributed by atoms with Crippen molar-refractivity contribution < 1.29 is 14.3 Å². The van der Waals surface area contributed by atoms with Crippen molar-refractivity contribution in [1.82, 2.24) is 20.2 Å². The zero-order chi connectivity index (χ0) is 17.8. The second-order valence-corrected chi connectivity index (χ2v) is 6.28. The molecule has 0 radical (unpaired) electrons. The van der Waals surface area contributed by atoms with Gasteiger partial charge in [0.1, 0.15) is 5.82 Å². The molecule has 0 saturated carbocycles. The van der Waals surface area contributed by atoms with Crippen LogP contribution < -0.4 is 5.32 Å². The molecule has 25 heavy (non-hydrogen) atoms. The molecule has 2 N–H and O–H groups in total. The summed E-state index contributed by atoms with van der Waals surface area (Å²) in [6.45, 7) is 5.12. The summed E-state index contributed by atoms with van der Waals surface area (Å²) >= 11 is 0. The van der Waals surface area contributed by atoms with Crippen LogP contribution in [0.1, 0.15) is 43.6 Å². The highest BCUT2D eigenvalue weighted by molar-refractivity contribution is 5.78. The van der Waals surface area contributed by atoms with E-state index in [9.17, 15) is 9.59 Å². The summed E-state index contributed by atoms with van der Waals surface area (Å²) in [6, 6.07) is 5.86. The Bertz CT molecular complexity index is 771. The molecule has 134 valence electrons. The molecule has 0 unspecified atom stereocenters. The molecule has 1 aromatic carbocycles. The lowest BCUT2D eigenvalue weighted by Gasteiger charge is -2.23. The molecule has 1 aliphatic rings. The number of esters is 1. The predicted octanol–water partition coefficient (Wildman–Crippen LogP) is 2.67. The average molecular weight is 344 g/mol. The number of amides is 2. The minimum Gasteiger partial charge on any atom is -0.466 e. The molecule has 7 nitrogen and oxygen atoms in total. The number of rotatable bonds is 5. The predicted molar refractivity (Wildman–Crippen MR) is 94.2 cm³/mol. The number of likely N-dealkylation sites (tertiary alicyclic amines) is 1. The van der Waals surface area contributed by atoms with Crippen molar-refractivity contribution in [2.45, 2.75) is 39.2 Å². The first-order valence-electron chi connectivity index (χ1n) is 8.75. The molecule has 1 atom stereocenters. The number of nitrogens with one attached hydrogen (secondary N) is 2. The van der Waals surface area contributed by atoms with Crippen LogP contribution in [0.2, 0.25) is 0 Å². The molecular formula is C18H24N4O3. The van der Waals surface area contributed by atoms with E-state index in [0.29, 0.717) is 13.2 Å². The number of hydrogen-bond acceptors (Lipinski definition) is 4. The van der Waals surface area contributed by atoms with Crippen LogP contribution in [0, 0.1) is 6.92 Å². The first-order valence-corrected chi connectivity index (χ1v) is 8.75. The molecule has 2 amide bonds. The minimum absolute atomic E-state index is 0.0599. The van der Waals surface area contributed by atoms with E-state index >= 15 is 0 Å². The van der Waals surface area contributed by atoms with Gasteiger partial charge < -0.3 is 19.9 Å². The van der Waals surface area contributed by atoms with E-state index in [4.69, 9.17) is 4.74 Å². The summed E-state index contributed by atoms with van der Waals surface area (Å²) in [5.41, 5.74) is 3.07. The molecule has 0 aliphatic carbocycles. The number of fused-ring (bicyclic) bond motifs is 1. The molecule has 2 heterocycles. The maximum Gasteiger partial charge on any atom is 0.318 e. The number of carbonyl (C=O) groups excluding carboxylic acids is 2. The van der Waals surface area contributed by atoms with Gasteiger partial charge >= 0.3 is 12.0 Å². The summed E-state index contributed by atoms with van der Waals surface area (Å²) in [5, 5.41) is 2.80. The molecule has 0 spiro atoms. The normalized spacial score (nSPS) is 17.0. The van der Waals surface area contributed by atoms with Gasteiger partial charge in [-0.3, -0.25) is 4.79 Å². The van der Waals surface area contributed by atoms with Crippen molar-refractivity contribution in [3.05, 3.63) is 29.6 Å². The lowest BCUT2D eigenvalue weighted by molar-refractivity contribution is -0.142. The number of H-pyrrole nitrogens is 1. The standard InChI is InChI=1S/C18H24N4O3/c1-3-25-16(23)8-9-19-18(24)22-10-4-5-15(22)17-20-13-7-6-12(2)11-14(13)21-17/h6-7,11,15H,3-5,8-10H2,1-2H3,(H,19,24)(H,20,21)/t15-/m1/s1. The molecule has 7 heteroatoms. The number of ether oxygens (including phenoxy) is 1. The second kappa shape index (κ2) is 7.55. The number of carbonyl (C=O) groups is 2. The summed E-state index contributed by atoms with van der Waals surface area (Å²) in [5.74, 6) is 0.520. The van der Waals surface area contributed by atoms with Crippen molar-refractivity contribution in [1.29, 1.82) is 0 Å². The molecule has 0 bridgehead atoms. The number of imidazole rings is 1. The topological polar surface area (TPSA) is 87.3 Å². The lowest BCUT2D eigenvalue weighted by Crippen LogP contribution is -2.40. The van der Waals surface area contributed by atoms with E-state index in [1.54, 1.807) is 11.8 Å². The van der Waals surface area contributed by atoms with Crippen LogP contribution >= 0.6 is 0 Å². The number of hydrogen-bond donors (Lipinski definition) is 2. The van der Waals surface area contributed by atoms with Crippen LogP contribution in [0.5, 0.6) is 0 Å². The summed E-state index contributed by atoms with van der Waals surface area (Å²) in [4.78, 5) is 33.6. The largest absolute Gasteiger partial charge is 0.466 e. The van der Waals surface area contributed by atoms with Crippen LogP contribution in [0.15, 0.2) is 18.2 Å². The third-order valence-electron chi connectivity index (χ3n) is 4.40. The van der Waals surface area contributed by atoms with E-state index in [0.717, 1.165) is 29.7 Å². The van der Waals surface area contributed by atoms with E-state index in [-0.39, 0.29) is 31.0 Å². The van der Waals surface area contributed by atoms with Crippen LogP contribution in [0.25, 0.3) is 11.0 Å². The molecule has 3 rings (SSSR count). The maximum absolute atomic E-state index is 12.5. The van der Waals surface area contributed by atoms with E-state index in [1.165, 1.54) is 5.56 Å². The highest BCUT2D eigenvalue weighted by atomic mass is 16.5. The fourth-order valence-corrected chi connectivity index (χ4v) is 3.20. The van der Waals surface area contributed by atoms with Gasteiger partial charge in [-0.25, -0.2) is 9.78 Å². The van der Waals surface area contributed by atoms with Gasteiger partial charge in [-0.15, -0.1) is 0 Å². The van der Waals surface area contributed by atoms with Gasteiger partial charge in [0.05, 0.1) is 30.1 Å². The Morgan fingerprint density at radius 2 is 2.28 bits per heavy atom. The van der Waals surface area contributed by atoms with Gasteiger partial charge in [-0.1, -0.05) is 6.07 Å². The van der Waals surface area contributed by atoms with Gasteiger partial charge in [-0.05, 0) is 44.4 Å². The molecule has 1 fully saturated rings. The highest BCUT2D eigenvalue weighted by Crippen LogP contribution is 2.31. The van der Waals surface area contributed by atoms with E-state index in [1.807, 2.05) is 19.1 Å². The first kappa shape index (κ1) is 17.3. The minimum atomic E-state index is -0.298. The van der Waals surface area contributed by atoms with Crippen LogP contribution in [-0.2, 0) is 9.53 Å². The van der Waals surface area contributed by atoms with Gasteiger partial charge in [0, 0.05) is 13.1 Å². The van der Waals surface area contributed by atoms with Crippen molar-refractivity contribution in [2.24, 2.45) is 0 Å². The number of aromatic nitrogens is 2. The van der Waals surface area contributed by atoms with Crippen molar-refractivity contribution in [3.63, 3.8) is 0 Å². The zero-order valence-electron chi connectivity index (χ0n) is 14.7. The van der Waals surface area contributed by atoms with Gasteiger partial charge in [-0.2, -0.15) is 0 Å². The third-order valence-corrected chi connectivity index (χ3v) is 4.40. The molecule has 1 saturated heterocycles. The monoisotopic (exact) mass is 344 g/mol. The molecular weight excluding hydrogens is 320 g/mol. The zero-order valence-corrected chi connectivity index (χ0v) is 14.7. The fourth-order valence-electron chi connectivity index (χ4n) is 3.20. The SMILES string of the molecule is CCOC(=O)CCNC(=O)N1CCC[C@@H]1c1nc2ccc(C)cc2[nH]1. The first-order chi connectivity index (χ1) is 12.1. The van der Waals surface area contributed by atoms with Crippen molar-refractivity contribution >= 4 is 23.0 Å². The highest BCUT2D eigenvalue weighted by Gasteiger charge is 2.32. The number of benzene rings is 1. The van der Waals surface area contributed by atoms with Gasteiger partial charge in [0.2, 0.25) is 0 Å². The lowest BCUT2D eigenvalue weighted by atomic mass is 10.2. The summed E-state index contributed by atoms with van der Waals surface area (Å²) in [6.07, 6.45) is 2.00. The van der Waals surface area contributed by atoms with Crippen LogP contribution in [-0.4, -0.2) is 46.6 Å². The third kappa shape index (κ3) is 3.92. The van der Waals surface area contributed by atoms with Crippen molar-refractivity contribution in [3.8, 4) is 0 Å². The van der Waals surface area contributed by atoms with Gasteiger partial charge in [0.15, 0.2) is 0 Å². The van der Waals surface area contributed by atoms with Gasteiger partial charge in [0.25, 0.3) is 0 Å². The fraction of sp³-hybridized carbons (Fsp3) is 0.500. The second-order valence-electron chi connectivity index (χ2n) is 6.28. The Morgan fingerprint density at radius 1 is 1.44 bits per heavy atom. The van der Waals surface area contributed by atoms with E-state index < -0.39 is 0 Å². The number of aryl methyl sites for hydroxylation is 1. The Hall–Kier alpha value is -2.57. The number of aromatic amines is 1. The van der Waals surface area contributed by atoms with Crippen molar-refractivity contribution in [2.75, 3.05) is 19.7 Å². The molecule has 1 aliphatic heterocycles. The Balaban J connectivity index is 1.64. The smallest absolute Gasteiger partial charge is 0.318 e. The summed E-state index contributed by atoms with van der Waals surface area (Å²) in [7, 11) is 0. The Labute approximate surface area is 146 Å². The van der Waals surface area contributed by atoms with Crippen LogP contribution in [0.4, 0.5) is 4.79 Å². The maximum atomic E-state index is 12.5.